The maximum Gasteiger partial charge on any atom is 0.459 e. The van der Waals surface area contributed by atoms with Gasteiger partial charge in [-0.05, 0) is 42.8 Å². The van der Waals surface area contributed by atoms with Crippen molar-refractivity contribution in [1.29, 1.82) is 0 Å². The molecule has 0 saturated heterocycles. The minimum Gasteiger partial charge on any atom is -0.464 e. The Morgan fingerprint density at radius 3 is 2.58 bits per heavy atom. The molecule has 2 aromatic carbocycles. The topological polar surface area (TPSA) is 129 Å². The van der Waals surface area contributed by atoms with E-state index in [9.17, 15) is 14.2 Å². The highest BCUT2D eigenvalue weighted by Gasteiger charge is 2.34. The molecule has 40 heavy (non-hydrogen) atoms. The smallest absolute Gasteiger partial charge is 0.459 e. The van der Waals surface area contributed by atoms with Crippen molar-refractivity contribution in [1.82, 2.24) is 9.99 Å². The lowest BCUT2D eigenvalue weighted by molar-refractivity contribution is -0.148. The summed E-state index contributed by atoms with van der Waals surface area (Å²) in [4.78, 5) is 26.1. The van der Waals surface area contributed by atoms with Crippen LogP contribution < -0.4 is 15.3 Å². The van der Waals surface area contributed by atoms with Crippen LogP contribution in [0.25, 0.3) is 10.8 Å². The first-order chi connectivity index (χ1) is 18.9. The molecule has 0 aromatic heterocycles. The number of allylic oxidation sites excluding steroid dienone is 1. The van der Waals surface area contributed by atoms with E-state index in [2.05, 4.69) is 5.09 Å². The van der Waals surface area contributed by atoms with Crippen molar-refractivity contribution in [2.24, 2.45) is 11.1 Å². The van der Waals surface area contributed by atoms with Gasteiger partial charge in [-0.25, -0.2) is 4.57 Å². The molecule has 0 fully saturated rings. The number of amides is 1. The summed E-state index contributed by atoms with van der Waals surface area (Å²) in [5.41, 5.74) is 5.70. The number of hydrogen-bond acceptors (Lipinski definition) is 8. The average Bonchev–Trinajstić information content (AvgIpc) is 2.91. The van der Waals surface area contributed by atoms with Gasteiger partial charge in [0.05, 0.1) is 19.3 Å². The van der Waals surface area contributed by atoms with Crippen LogP contribution >= 0.6 is 7.75 Å². The molecular weight excluding hydrogens is 533 g/mol. The lowest BCUT2D eigenvalue weighted by Crippen LogP contribution is -2.37. The van der Waals surface area contributed by atoms with Gasteiger partial charge in [0, 0.05) is 30.8 Å². The van der Waals surface area contributed by atoms with Gasteiger partial charge in [0.1, 0.15) is 11.8 Å². The van der Waals surface area contributed by atoms with Crippen LogP contribution in [-0.2, 0) is 28.2 Å². The first kappa shape index (κ1) is 31.4. The third kappa shape index (κ3) is 9.48. The molecule has 3 unspecified atom stereocenters. The van der Waals surface area contributed by atoms with E-state index in [1.54, 1.807) is 25.3 Å². The number of hydrogen-bond donors (Lipinski definition) is 2. The lowest BCUT2D eigenvalue weighted by Gasteiger charge is -2.27. The normalized spacial score (nSPS) is 16.6. The number of nitrogens with zero attached hydrogens (tertiary/aromatic N) is 1. The molecule has 3 N–H and O–H groups in total. The van der Waals surface area contributed by atoms with Crippen molar-refractivity contribution >= 4 is 30.4 Å². The monoisotopic (exact) mass is 573 g/mol. The summed E-state index contributed by atoms with van der Waals surface area (Å²) >= 11 is 0. The number of primary amides is 1. The van der Waals surface area contributed by atoms with Crippen molar-refractivity contribution in [3.8, 4) is 5.75 Å². The Labute approximate surface area is 236 Å². The van der Waals surface area contributed by atoms with Gasteiger partial charge in [0.15, 0.2) is 0 Å². The molecule has 218 valence electrons. The second kappa shape index (κ2) is 13.9. The molecule has 1 amide bonds. The van der Waals surface area contributed by atoms with Crippen LogP contribution in [-0.4, -0.2) is 55.8 Å². The van der Waals surface area contributed by atoms with E-state index in [1.165, 1.54) is 7.11 Å². The number of nitrogens with two attached hydrogens (primary N) is 1. The van der Waals surface area contributed by atoms with Gasteiger partial charge in [0.25, 0.3) is 0 Å². The van der Waals surface area contributed by atoms with Gasteiger partial charge in [-0.1, -0.05) is 63.2 Å². The molecule has 0 radical (unpaired) electrons. The Kier molecular flexibility index (Phi) is 10.9. The van der Waals surface area contributed by atoms with E-state index in [-0.39, 0.29) is 18.6 Å². The van der Waals surface area contributed by atoms with Crippen molar-refractivity contribution in [2.75, 3.05) is 26.9 Å². The highest BCUT2D eigenvalue weighted by molar-refractivity contribution is 7.52. The maximum absolute atomic E-state index is 14.1. The van der Waals surface area contributed by atoms with Gasteiger partial charge in [-0.2, -0.15) is 5.09 Å². The quantitative estimate of drug-likeness (QED) is 0.239. The Hall–Kier alpha value is -3.17. The summed E-state index contributed by atoms with van der Waals surface area (Å²) in [6, 6.07) is 12.0. The lowest BCUT2D eigenvalue weighted by atomic mass is 9.99. The first-order valence-corrected chi connectivity index (χ1v) is 14.8. The summed E-state index contributed by atoms with van der Waals surface area (Å²) in [6.07, 6.45) is 5.93. The number of nitrogens with one attached hydrogen (secondary N) is 1. The molecule has 11 heteroatoms. The minimum atomic E-state index is -4.10. The molecule has 2 aromatic rings. The zero-order valence-electron chi connectivity index (χ0n) is 23.8. The molecule has 0 saturated carbocycles. The fourth-order valence-electron chi connectivity index (χ4n) is 3.86. The third-order valence-electron chi connectivity index (χ3n) is 6.07. The molecule has 0 spiro atoms. The number of methoxy groups -OCH3 is 1. The number of fused-ring (bicyclic) bond motifs is 1. The zero-order chi connectivity index (χ0) is 29.3. The van der Waals surface area contributed by atoms with E-state index in [4.69, 9.17) is 24.3 Å². The molecule has 1 aliphatic heterocycles. The molecule has 1 heterocycles. The van der Waals surface area contributed by atoms with E-state index < -0.39 is 31.8 Å². The van der Waals surface area contributed by atoms with Gasteiger partial charge in [-0.15, -0.1) is 0 Å². The summed E-state index contributed by atoms with van der Waals surface area (Å²) in [7, 11) is -2.57. The Morgan fingerprint density at radius 1 is 1.15 bits per heavy atom. The Bertz CT molecular complexity index is 1280. The van der Waals surface area contributed by atoms with E-state index in [0.29, 0.717) is 30.7 Å². The molecule has 10 nitrogen and oxygen atoms in total. The Balaban J connectivity index is 1.74. The number of carbonyl (C=O) groups is 2. The van der Waals surface area contributed by atoms with Crippen molar-refractivity contribution in [2.45, 2.75) is 52.7 Å². The van der Waals surface area contributed by atoms with Gasteiger partial charge < -0.3 is 24.6 Å². The molecule has 3 rings (SSSR count). The van der Waals surface area contributed by atoms with Crippen LogP contribution in [0.5, 0.6) is 5.75 Å². The predicted octanol–water partition coefficient (Wildman–Crippen LogP) is 4.90. The van der Waals surface area contributed by atoms with Crippen LogP contribution in [0, 0.1) is 5.41 Å². The van der Waals surface area contributed by atoms with Gasteiger partial charge >= 0.3 is 13.7 Å². The molecule has 1 aliphatic rings. The average molecular weight is 574 g/mol. The predicted molar refractivity (Wildman–Crippen MR) is 154 cm³/mol. The maximum atomic E-state index is 14.1. The zero-order valence-corrected chi connectivity index (χ0v) is 24.7. The first-order valence-electron chi connectivity index (χ1n) is 13.2. The van der Waals surface area contributed by atoms with E-state index in [0.717, 1.165) is 10.8 Å². The van der Waals surface area contributed by atoms with Gasteiger partial charge in [0.2, 0.25) is 5.91 Å². The molecule has 3 atom stereocenters. The summed E-state index contributed by atoms with van der Waals surface area (Å²) < 4.78 is 36.9. The van der Waals surface area contributed by atoms with Crippen LogP contribution in [0.4, 0.5) is 0 Å². The number of ether oxygens (including phenoxy) is 2. The van der Waals surface area contributed by atoms with Crippen LogP contribution in [0.3, 0.4) is 0 Å². The van der Waals surface area contributed by atoms with Crippen molar-refractivity contribution in [3.63, 3.8) is 0 Å². The third-order valence-corrected chi connectivity index (χ3v) is 7.70. The van der Waals surface area contributed by atoms with Crippen LogP contribution in [0.15, 0.2) is 66.5 Å². The number of benzene rings is 2. The second-order valence-electron chi connectivity index (χ2n) is 10.9. The number of rotatable bonds is 14. The highest BCUT2D eigenvalue weighted by Crippen LogP contribution is 2.47. The van der Waals surface area contributed by atoms with Gasteiger partial charge in [-0.3, -0.25) is 14.1 Å². The van der Waals surface area contributed by atoms with Crippen molar-refractivity contribution in [3.05, 3.63) is 66.5 Å². The summed E-state index contributed by atoms with van der Waals surface area (Å²) in [6.45, 7) is 8.02. The summed E-state index contributed by atoms with van der Waals surface area (Å²) in [5.74, 6) is -0.688. The standard InChI is InChI=1S/C29H40N3O7P/c1-21(28(34)37-20-29(2,3)4)31-40(35,39-26-14-8-11-22-10-6-7-13-25(22)26)38-19-24(36-5)15-17-32-16-9-12-23(18-32)27(30)33/h6-11,13-14,16,18,21,24H,12,15,17,19-20H2,1-5H3,(H2,30,33)(H,31,35). The minimum absolute atomic E-state index is 0.0841. The highest BCUT2D eigenvalue weighted by atomic mass is 31.2. The fourth-order valence-corrected chi connectivity index (χ4v) is 5.40. The van der Waals surface area contributed by atoms with Crippen LogP contribution in [0.2, 0.25) is 0 Å². The summed E-state index contributed by atoms with van der Waals surface area (Å²) in [5, 5.41) is 4.39. The number of carbonyl (C=O) groups excluding carboxylic acids is 2. The Morgan fingerprint density at radius 2 is 1.88 bits per heavy atom. The fraction of sp³-hybridized carbons (Fsp3) is 0.448. The SMILES string of the molecule is COC(CCN1C=CCC(C(N)=O)=C1)COP(=O)(NC(C)C(=O)OCC(C)(C)C)Oc1cccc2ccccc12. The molecule has 0 aliphatic carbocycles. The van der Waals surface area contributed by atoms with Crippen molar-refractivity contribution < 1.29 is 32.7 Å². The molecular formula is C29H40N3O7P. The van der Waals surface area contributed by atoms with E-state index >= 15 is 0 Å². The number of esters is 1. The second-order valence-corrected chi connectivity index (χ2v) is 12.6. The largest absolute Gasteiger partial charge is 0.464 e. The van der Waals surface area contributed by atoms with E-state index in [1.807, 2.05) is 68.3 Å². The van der Waals surface area contributed by atoms with Crippen LogP contribution in [0.1, 0.15) is 40.5 Å². The molecule has 0 bridgehead atoms.